The molecule has 18 heavy (non-hydrogen) atoms. The highest BCUT2D eigenvalue weighted by molar-refractivity contribution is 5.79. The summed E-state index contributed by atoms with van der Waals surface area (Å²) in [4.78, 5) is 16.6. The van der Waals surface area contributed by atoms with E-state index in [9.17, 15) is 4.79 Å². The van der Waals surface area contributed by atoms with Gasteiger partial charge in [-0.1, -0.05) is 0 Å². The van der Waals surface area contributed by atoms with Crippen molar-refractivity contribution in [2.45, 2.75) is 57.5 Å². The van der Waals surface area contributed by atoms with Crippen LogP contribution in [0.1, 0.15) is 45.4 Å². The van der Waals surface area contributed by atoms with Gasteiger partial charge < -0.3 is 10.0 Å². The van der Waals surface area contributed by atoms with Gasteiger partial charge in [0.15, 0.2) is 0 Å². The molecule has 0 aromatic rings. The van der Waals surface area contributed by atoms with Crippen molar-refractivity contribution >= 4 is 5.91 Å². The van der Waals surface area contributed by atoms with Gasteiger partial charge in [0.05, 0.1) is 6.54 Å². The van der Waals surface area contributed by atoms with E-state index in [-0.39, 0.29) is 6.61 Å². The number of rotatable bonds is 7. The average molecular weight is 254 g/mol. The number of likely N-dealkylation sites (tertiary alicyclic amines) is 1. The monoisotopic (exact) mass is 254 g/mol. The minimum absolute atomic E-state index is 0.265. The summed E-state index contributed by atoms with van der Waals surface area (Å²) in [5.74, 6) is 0.302. The van der Waals surface area contributed by atoms with Crippen LogP contribution in [0.5, 0.6) is 0 Å². The number of carbonyl (C=O) groups excluding carboxylic acids is 1. The number of amides is 1. The van der Waals surface area contributed by atoms with Crippen LogP contribution in [-0.2, 0) is 4.79 Å². The highest BCUT2D eigenvalue weighted by Crippen LogP contribution is 2.27. The zero-order valence-electron chi connectivity index (χ0n) is 11.5. The molecule has 1 N–H and O–H groups in total. The van der Waals surface area contributed by atoms with Crippen LogP contribution in [0, 0.1) is 0 Å². The summed E-state index contributed by atoms with van der Waals surface area (Å²) < 4.78 is 0. The molecule has 0 spiro atoms. The van der Waals surface area contributed by atoms with Crippen LogP contribution < -0.4 is 0 Å². The number of aliphatic hydroxyl groups is 1. The normalized spacial score (nSPS) is 24.4. The zero-order chi connectivity index (χ0) is 13.0. The first-order valence-corrected chi connectivity index (χ1v) is 7.40. The highest BCUT2D eigenvalue weighted by atomic mass is 16.3. The second-order valence-electron chi connectivity index (χ2n) is 5.54. The smallest absolute Gasteiger partial charge is 0.236 e. The molecule has 1 saturated heterocycles. The van der Waals surface area contributed by atoms with Crippen LogP contribution in [0.4, 0.5) is 0 Å². The van der Waals surface area contributed by atoms with E-state index in [1.165, 1.54) is 25.7 Å². The molecule has 4 nitrogen and oxygen atoms in total. The van der Waals surface area contributed by atoms with Gasteiger partial charge in [-0.05, 0) is 52.0 Å². The Labute approximate surface area is 110 Å². The summed E-state index contributed by atoms with van der Waals surface area (Å²) in [5.41, 5.74) is 0. The highest BCUT2D eigenvalue weighted by Gasteiger charge is 2.33. The molecule has 1 unspecified atom stereocenters. The van der Waals surface area contributed by atoms with Crippen LogP contribution in [0.3, 0.4) is 0 Å². The largest absolute Gasteiger partial charge is 0.396 e. The summed E-state index contributed by atoms with van der Waals surface area (Å²) in [6.07, 6.45) is 6.64. The summed E-state index contributed by atoms with van der Waals surface area (Å²) in [6.45, 7) is 4.81. The molecule has 0 aromatic carbocycles. The molecule has 2 aliphatic rings. The lowest BCUT2D eigenvalue weighted by molar-refractivity contribution is -0.133. The van der Waals surface area contributed by atoms with Crippen molar-refractivity contribution in [3.05, 3.63) is 0 Å². The summed E-state index contributed by atoms with van der Waals surface area (Å²) in [6, 6.07) is 1.04. The Kier molecular flexibility index (Phi) is 5.01. The van der Waals surface area contributed by atoms with Crippen molar-refractivity contribution in [2.75, 3.05) is 26.2 Å². The van der Waals surface area contributed by atoms with Crippen molar-refractivity contribution in [3.8, 4) is 0 Å². The van der Waals surface area contributed by atoms with E-state index >= 15 is 0 Å². The molecule has 1 aliphatic carbocycles. The van der Waals surface area contributed by atoms with Crippen LogP contribution >= 0.6 is 0 Å². The van der Waals surface area contributed by atoms with E-state index in [0.717, 1.165) is 25.9 Å². The minimum Gasteiger partial charge on any atom is -0.396 e. The van der Waals surface area contributed by atoms with Gasteiger partial charge in [0.25, 0.3) is 0 Å². The predicted octanol–water partition coefficient (Wildman–Crippen LogP) is 1.23. The van der Waals surface area contributed by atoms with Crippen molar-refractivity contribution in [2.24, 2.45) is 0 Å². The maximum Gasteiger partial charge on any atom is 0.236 e. The van der Waals surface area contributed by atoms with E-state index in [4.69, 9.17) is 5.11 Å². The third-order valence-electron chi connectivity index (χ3n) is 4.18. The molecule has 2 fully saturated rings. The maximum atomic E-state index is 12.3. The van der Waals surface area contributed by atoms with E-state index in [1.807, 2.05) is 4.90 Å². The second kappa shape index (κ2) is 6.53. The third kappa shape index (κ3) is 3.45. The third-order valence-corrected chi connectivity index (χ3v) is 4.18. The zero-order valence-corrected chi connectivity index (χ0v) is 11.5. The van der Waals surface area contributed by atoms with E-state index in [0.29, 0.717) is 24.5 Å². The van der Waals surface area contributed by atoms with Crippen LogP contribution in [0.2, 0.25) is 0 Å². The van der Waals surface area contributed by atoms with Crippen molar-refractivity contribution in [1.29, 1.82) is 0 Å². The van der Waals surface area contributed by atoms with E-state index in [2.05, 4.69) is 11.8 Å². The molecule has 0 bridgehead atoms. The standard InChI is InChI=1S/C14H26N2O2/c1-2-16(13-7-8-13)14(18)11-15-9-3-5-12(15)6-4-10-17/h12-13,17H,2-11H2,1H3. The van der Waals surface area contributed by atoms with Gasteiger partial charge in [-0.3, -0.25) is 9.69 Å². The number of carbonyl (C=O) groups is 1. The van der Waals surface area contributed by atoms with Gasteiger partial charge in [-0.15, -0.1) is 0 Å². The van der Waals surface area contributed by atoms with Gasteiger partial charge in [0.2, 0.25) is 5.91 Å². The van der Waals surface area contributed by atoms with Crippen molar-refractivity contribution < 1.29 is 9.90 Å². The molecule has 0 aromatic heterocycles. The first-order chi connectivity index (χ1) is 8.76. The molecule has 1 saturated carbocycles. The Bertz CT molecular complexity index is 279. The SMILES string of the molecule is CCN(C(=O)CN1CCCC1CCCO)C1CC1. The Hall–Kier alpha value is -0.610. The van der Waals surface area contributed by atoms with E-state index < -0.39 is 0 Å². The summed E-state index contributed by atoms with van der Waals surface area (Å²) in [5, 5.41) is 8.91. The Morgan fingerprint density at radius 2 is 2.17 bits per heavy atom. The molecule has 0 radical (unpaired) electrons. The fourth-order valence-corrected chi connectivity index (χ4v) is 3.05. The molecule has 1 aliphatic heterocycles. The van der Waals surface area contributed by atoms with Gasteiger partial charge in [-0.25, -0.2) is 0 Å². The number of likely N-dealkylation sites (N-methyl/N-ethyl adjacent to an activating group) is 1. The molecule has 1 atom stereocenters. The number of hydrogen-bond donors (Lipinski definition) is 1. The number of nitrogens with zero attached hydrogens (tertiary/aromatic N) is 2. The number of hydrogen-bond acceptors (Lipinski definition) is 3. The lowest BCUT2D eigenvalue weighted by Crippen LogP contribution is -2.43. The Balaban J connectivity index is 1.81. The Morgan fingerprint density at radius 1 is 1.39 bits per heavy atom. The first-order valence-electron chi connectivity index (χ1n) is 7.40. The predicted molar refractivity (Wildman–Crippen MR) is 71.3 cm³/mol. The molecule has 2 rings (SSSR count). The van der Waals surface area contributed by atoms with Gasteiger partial charge in [0, 0.05) is 25.2 Å². The molecular formula is C14H26N2O2. The second-order valence-corrected chi connectivity index (χ2v) is 5.54. The summed E-state index contributed by atoms with van der Waals surface area (Å²) >= 11 is 0. The molecule has 1 amide bonds. The molecule has 104 valence electrons. The first kappa shape index (κ1) is 13.8. The van der Waals surface area contributed by atoms with Gasteiger partial charge in [0.1, 0.15) is 0 Å². The van der Waals surface area contributed by atoms with Crippen LogP contribution in [0.25, 0.3) is 0 Å². The lowest BCUT2D eigenvalue weighted by Gasteiger charge is -2.27. The molecular weight excluding hydrogens is 228 g/mol. The number of aliphatic hydroxyl groups excluding tert-OH is 1. The minimum atomic E-state index is 0.265. The van der Waals surface area contributed by atoms with Crippen molar-refractivity contribution in [3.63, 3.8) is 0 Å². The lowest BCUT2D eigenvalue weighted by atomic mass is 10.1. The molecule has 1 heterocycles. The van der Waals surface area contributed by atoms with Crippen LogP contribution in [-0.4, -0.2) is 59.1 Å². The quantitative estimate of drug-likeness (QED) is 0.743. The fraction of sp³-hybridized carbons (Fsp3) is 0.929. The molecule has 4 heteroatoms. The maximum absolute atomic E-state index is 12.3. The van der Waals surface area contributed by atoms with E-state index in [1.54, 1.807) is 0 Å². The average Bonchev–Trinajstić information content (AvgIpc) is 3.09. The fourth-order valence-electron chi connectivity index (χ4n) is 3.05. The topological polar surface area (TPSA) is 43.8 Å². The van der Waals surface area contributed by atoms with Crippen molar-refractivity contribution in [1.82, 2.24) is 9.80 Å². The van der Waals surface area contributed by atoms with Gasteiger partial charge in [-0.2, -0.15) is 0 Å². The van der Waals surface area contributed by atoms with Gasteiger partial charge >= 0.3 is 0 Å². The Morgan fingerprint density at radius 3 is 2.78 bits per heavy atom. The van der Waals surface area contributed by atoms with Crippen LogP contribution in [0.15, 0.2) is 0 Å². The summed E-state index contributed by atoms with van der Waals surface area (Å²) in [7, 11) is 0.